The van der Waals surface area contributed by atoms with Crippen molar-refractivity contribution in [1.29, 1.82) is 0 Å². The van der Waals surface area contributed by atoms with Crippen LogP contribution in [-0.4, -0.2) is 38.7 Å². The third-order valence-corrected chi connectivity index (χ3v) is 4.32. The highest BCUT2D eigenvalue weighted by molar-refractivity contribution is 9.10. The molecule has 0 saturated carbocycles. The van der Waals surface area contributed by atoms with E-state index in [1.807, 2.05) is 29.7 Å². The highest BCUT2D eigenvalue weighted by Gasteiger charge is 2.17. The minimum Gasteiger partial charge on any atom is -0.497 e. The van der Waals surface area contributed by atoms with E-state index in [9.17, 15) is 4.79 Å². The van der Waals surface area contributed by atoms with Gasteiger partial charge in [-0.1, -0.05) is 18.7 Å². The van der Waals surface area contributed by atoms with E-state index in [4.69, 9.17) is 9.84 Å². The minimum absolute atomic E-state index is 0.0660. The molecule has 1 N–H and O–H groups in total. The van der Waals surface area contributed by atoms with Crippen molar-refractivity contribution in [1.82, 2.24) is 14.8 Å². The van der Waals surface area contributed by atoms with Gasteiger partial charge in [0.25, 0.3) is 0 Å². The van der Waals surface area contributed by atoms with Crippen LogP contribution in [0.15, 0.2) is 27.8 Å². The molecular weight excluding hydrogens is 358 g/mol. The average molecular weight is 372 g/mol. The molecule has 21 heavy (non-hydrogen) atoms. The predicted molar refractivity (Wildman–Crippen MR) is 83.3 cm³/mol. The zero-order chi connectivity index (χ0) is 15.4. The normalized spacial score (nSPS) is 10.6. The van der Waals surface area contributed by atoms with Gasteiger partial charge in [0.15, 0.2) is 5.16 Å². The van der Waals surface area contributed by atoms with E-state index in [0.29, 0.717) is 17.3 Å². The Labute approximate surface area is 134 Å². The lowest BCUT2D eigenvalue weighted by atomic mass is 10.3. The number of carboxylic acid groups (broad SMARTS) is 1. The van der Waals surface area contributed by atoms with Crippen molar-refractivity contribution in [3.05, 3.63) is 28.5 Å². The maximum absolute atomic E-state index is 10.8. The number of aryl methyl sites for hydroxylation is 1. The highest BCUT2D eigenvalue weighted by Crippen LogP contribution is 2.30. The molecule has 0 fully saturated rings. The second-order valence-electron chi connectivity index (χ2n) is 4.09. The lowest BCUT2D eigenvalue weighted by Gasteiger charge is -2.12. The first-order chi connectivity index (χ1) is 10.1. The number of carboxylic acids is 1. The summed E-state index contributed by atoms with van der Waals surface area (Å²) in [6.45, 7) is 1.97. The number of methoxy groups -OCH3 is 1. The Morgan fingerprint density at radius 1 is 1.48 bits per heavy atom. The summed E-state index contributed by atoms with van der Waals surface area (Å²) in [7, 11) is 1.60. The van der Waals surface area contributed by atoms with Crippen LogP contribution in [0.2, 0.25) is 0 Å². The zero-order valence-electron chi connectivity index (χ0n) is 11.5. The van der Waals surface area contributed by atoms with Crippen molar-refractivity contribution in [2.24, 2.45) is 0 Å². The summed E-state index contributed by atoms with van der Waals surface area (Å²) >= 11 is 4.64. The second-order valence-corrected chi connectivity index (χ2v) is 5.88. The number of benzene rings is 1. The Morgan fingerprint density at radius 2 is 2.24 bits per heavy atom. The number of aliphatic carboxylic acids is 1. The molecule has 0 bridgehead atoms. The van der Waals surface area contributed by atoms with Gasteiger partial charge >= 0.3 is 5.97 Å². The van der Waals surface area contributed by atoms with Gasteiger partial charge in [-0.05, 0) is 28.1 Å². The van der Waals surface area contributed by atoms with Gasteiger partial charge in [0, 0.05) is 17.0 Å². The molecule has 0 atom stereocenters. The van der Waals surface area contributed by atoms with Gasteiger partial charge in [-0.2, -0.15) is 0 Å². The smallest absolute Gasteiger partial charge is 0.313 e. The van der Waals surface area contributed by atoms with E-state index in [-0.39, 0.29) is 5.75 Å². The minimum atomic E-state index is -0.891. The van der Waals surface area contributed by atoms with Crippen LogP contribution in [0.4, 0.5) is 0 Å². The van der Waals surface area contributed by atoms with E-state index in [1.54, 1.807) is 7.11 Å². The number of carbonyl (C=O) groups is 1. The van der Waals surface area contributed by atoms with Gasteiger partial charge < -0.3 is 9.84 Å². The van der Waals surface area contributed by atoms with Crippen LogP contribution in [0.25, 0.3) is 5.69 Å². The molecule has 0 aliphatic heterocycles. The molecule has 0 unspecified atom stereocenters. The van der Waals surface area contributed by atoms with Crippen LogP contribution in [-0.2, 0) is 11.2 Å². The van der Waals surface area contributed by atoms with Crippen molar-refractivity contribution in [3.8, 4) is 11.4 Å². The largest absolute Gasteiger partial charge is 0.497 e. The molecule has 2 aromatic rings. The molecule has 1 aromatic carbocycles. The molecule has 2 rings (SSSR count). The third kappa shape index (κ3) is 3.56. The molecule has 0 spiro atoms. The number of hydrogen-bond acceptors (Lipinski definition) is 5. The van der Waals surface area contributed by atoms with E-state index in [0.717, 1.165) is 27.7 Å². The van der Waals surface area contributed by atoms with Crippen molar-refractivity contribution in [2.75, 3.05) is 12.9 Å². The Kier molecular flexibility index (Phi) is 5.24. The molecule has 1 aromatic heterocycles. The first-order valence-corrected chi connectivity index (χ1v) is 7.97. The number of rotatable bonds is 6. The molecule has 0 amide bonds. The number of hydrogen-bond donors (Lipinski definition) is 1. The number of thioether (sulfide) groups is 1. The summed E-state index contributed by atoms with van der Waals surface area (Å²) < 4.78 is 7.95. The molecule has 1 heterocycles. The van der Waals surface area contributed by atoms with E-state index < -0.39 is 5.97 Å². The standard InChI is InChI=1S/C13H14BrN3O3S/c1-3-11-15-16-13(21-7-12(18)19)17(11)10-6-8(20-2)4-5-9(10)14/h4-6H,3,7H2,1-2H3,(H,18,19). The van der Waals surface area contributed by atoms with Crippen LogP contribution in [0.3, 0.4) is 0 Å². The predicted octanol–water partition coefficient (Wildman–Crippen LogP) is 2.78. The Morgan fingerprint density at radius 3 is 2.86 bits per heavy atom. The average Bonchev–Trinajstić information content (AvgIpc) is 2.88. The van der Waals surface area contributed by atoms with E-state index in [1.165, 1.54) is 0 Å². The molecule has 0 aliphatic carbocycles. The topological polar surface area (TPSA) is 77.2 Å². The third-order valence-electron chi connectivity index (χ3n) is 2.74. The van der Waals surface area contributed by atoms with Crippen LogP contribution in [0.1, 0.15) is 12.7 Å². The molecule has 6 nitrogen and oxygen atoms in total. The first-order valence-electron chi connectivity index (χ1n) is 6.19. The summed E-state index contributed by atoms with van der Waals surface area (Å²) in [5.41, 5.74) is 0.823. The highest BCUT2D eigenvalue weighted by atomic mass is 79.9. The summed E-state index contributed by atoms with van der Waals surface area (Å²) in [6.07, 6.45) is 0.685. The quantitative estimate of drug-likeness (QED) is 0.786. The van der Waals surface area contributed by atoms with Crippen molar-refractivity contribution in [3.63, 3.8) is 0 Å². The van der Waals surface area contributed by atoms with Gasteiger partial charge in [-0.3, -0.25) is 9.36 Å². The van der Waals surface area contributed by atoms with Gasteiger partial charge in [0.2, 0.25) is 0 Å². The lowest BCUT2D eigenvalue weighted by molar-refractivity contribution is -0.133. The van der Waals surface area contributed by atoms with Crippen molar-refractivity contribution >= 4 is 33.7 Å². The molecule has 0 aliphatic rings. The SMILES string of the molecule is CCc1nnc(SCC(=O)O)n1-c1cc(OC)ccc1Br. The van der Waals surface area contributed by atoms with Gasteiger partial charge in [0.05, 0.1) is 18.6 Å². The molecule has 0 saturated heterocycles. The van der Waals surface area contributed by atoms with Gasteiger partial charge in [-0.25, -0.2) is 0 Å². The number of halogens is 1. The maximum Gasteiger partial charge on any atom is 0.313 e. The Hall–Kier alpha value is -1.54. The molecular formula is C13H14BrN3O3S. The molecule has 0 radical (unpaired) electrons. The summed E-state index contributed by atoms with van der Waals surface area (Å²) in [5.74, 6) is 0.510. The second kappa shape index (κ2) is 6.95. The Balaban J connectivity index is 2.50. The monoisotopic (exact) mass is 371 g/mol. The Bertz CT molecular complexity index is 660. The van der Waals surface area contributed by atoms with E-state index in [2.05, 4.69) is 26.1 Å². The summed E-state index contributed by atoms with van der Waals surface area (Å²) in [4.78, 5) is 10.8. The van der Waals surface area contributed by atoms with Crippen LogP contribution in [0.5, 0.6) is 5.75 Å². The maximum atomic E-state index is 10.8. The fraction of sp³-hybridized carbons (Fsp3) is 0.308. The van der Waals surface area contributed by atoms with E-state index >= 15 is 0 Å². The molecule has 8 heteroatoms. The van der Waals surface area contributed by atoms with Crippen molar-refractivity contribution < 1.29 is 14.6 Å². The van der Waals surface area contributed by atoms with Crippen molar-refractivity contribution in [2.45, 2.75) is 18.5 Å². The zero-order valence-corrected chi connectivity index (χ0v) is 13.9. The molecule has 112 valence electrons. The fourth-order valence-electron chi connectivity index (χ4n) is 1.78. The lowest BCUT2D eigenvalue weighted by Crippen LogP contribution is -2.05. The van der Waals surface area contributed by atoms with Gasteiger partial charge in [-0.15, -0.1) is 10.2 Å². The number of ether oxygens (including phenoxy) is 1. The fourth-order valence-corrected chi connectivity index (χ4v) is 2.89. The summed E-state index contributed by atoms with van der Waals surface area (Å²) in [5, 5.41) is 17.6. The van der Waals surface area contributed by atoms with Gasteiger partial charge in [0.1, 0.15) is 11.6 Å². The first kappa shape index (κ1) is 15.8. The summed E-state index contributed by atoms with van der Waals surface area (Å²) in [6, 6.07) is 5.57. The van der Waals surface area contributed by atoms with Crippen LogP contribution >= 0.6 is 27.7 Å². The van der Waals surface area contributed by atoms with Crippen LogP contribution < -0.4 is 4.74 Å². The number of aromatic nitrogens is 3. The van der Waals surface area contributed by atoms with Crippen LogP contribution in [0, 0.1) is 0 Å². The number of nitrogens with zero attached hydrogens (tertiary/aromatic N) is 3.